The van der Waals surface area contributed by atoms with Gasteiger partial charge in [0.15, 0.2) is 0 Å². The lowest BCUT2D eigenvalue weighted by atomic mass is 9.81. The summed E-state index contributed by atoms with van der Waals surface area (Å²) in [5.74, 6) is 0.0910. The molecule has 26 heavy (non-hydrogen) atoms. The van der Waals surface area contributed by atoms with Crippen LogP contribution >= 0.6 is 11.6 Å². The van der Waals surface area contributed by atoms with Gasteiger partial charge < -0.3 is 10.2 Å². The van der Waals surface area contributed by atoms with Crippen LogP contribution < -0.4 is 0 Å². The monoisotopic (exact) mass is 365 g/mol. The van der Waals surface area contributed by atoms with Gasteiger partial charge in [-0.15, -0.1) is 0 Å². The van der Waals surface area contributed by atoms with Crippen LogP contribution in [0, 0.1) is 0 Å². The van der Waals surface area contributed by atoms with Crippen LogP contribution in [0.5, 0.6) is 5.75 Å². The molecule has 3 rings (SSSR count). The summed E-state index contributed by atoms with van der Waals surface area (Å²) in [7, 11) is 0. The molecular formula is C22H20ClNO2. The van der Waals surface area contributed by atoms with Crippen LogP contribution in [0.25, 0.3) is 0 Å². The summed E-state index contributed by atoms with van der Waals surface area (Å²) in [6.07, 6.45) is 1.54. The second kappa shape index (κ2) is 7.73. The Labute approximate surface area is 158 Å². The maximum absolute atomic E-state index is 11.6. The summed E-state index contributed by atoms with van der Waals surface area (Å²) in [4.78, 5) is 4.53. The number of halogens is 1. The van der Waals surface area contributed by atoms with Crippen LogP contribution in [0.3, 0.4) is 0 Å². The van der Waals surface area contributed by atoms with Crippen molar-refractivity contribution in [2.45, 2.75) is 18.6 Å². The molecule has 0 aromatic heterocycles. The predicted octanol–water partition coefficient (Wildman–Crippen LogP) is 4.79. The molecule has 1 atom stereocenters. The lowest BCUT2D eigenvalue weighted by Gasteiger charge is -2.33. The van der Waals surface area contributed by atoms with E-state index in [0.717, 1.165) is 11.1 Å². The van der Waals surface area contributed by atoms with E-state index in [0.29, 0.717) is 10.6 Å². The van der Waals surface area contributed by atoms with Gasteiger partial charge in [-0.05, 0) is 36.2 Å². The van der Waals surface area contributed by atoms with Crippen molar-refractivity contribution in [2.75, 3.05) is 0 Å². The molecule has 3 aromatic carbocycles. The SMILES string of the molecule is CC(N=Cc1cc(Cl)ccc1O)C(O)(c1ccccc1)c1ccccc1. The largest absolute Gasteiger partial charge is 0.507 e. The molecule has 0 amide bonds. The summed E-state index contributed by atoms with van der Waals surface area (Å²) < 4.78 is 0. The Morgan fingerprint density at radius 3 is 2.00 bits per heavy atom. The van der Waals surface area contributed by atoms with E-state index in [1.807, 2.05) is 67.6 Å². The molecular weight excluding hydrogens is 346 g/mol. The molecule has 2 N–H and O–H groups in total. The van der Waals surface area contributed by atoms with Crippen molar-refractivity contribution in [3.63, 3.8) is 0 Å². The van der Waals surface area contributed by atoms with Gasteiger partial charge in [-0.2, -0.15) is 0 Å². The fourth-order valence-electron chi connectivity index (χ4n) is 2.96. The number of phenols is 1. The van der Waals surface area contributed by atoms with Crippen LogP contribution in [0.1, 0.15) is 23.6 Å². The van der Waals surface area contributed by atoms with Gasteiger partial charge in [0.2, 0.25) is 0 Å². The fraction of sp³-hybridized carbons (Fsp3) is 0.136. The zero-order valence-electron chi connectivity index (χ0n) is 14.4. The lowest BCUT2D eigenvalue weighted by Crippen LogP contribution is -2.38. The van der Waals surface area contributed by atoms with Gasteiger partial charge in [0.25, 0.3) is 0 Å². The number of benzene rings is 3. The van der Waals surface area contributed by atoms with E-state index in [1.54, 1.807) is 18.3 Å². The first-order valence-electron chi connectivity index (χ1n) is 8.37. The normalized spacial score (nSPS) is 13.0. The minimum atomic E-state index is -1.30. The van der Waals surface area contributed by atoms with Crippen molar-refractivity contribution >= 4 is 17.8 Å². The van der Waals surface area contributed by atoms with Crippen LogP contribution in [-0.2, 0) is 5.60 Å². The molecule has 3 aromatic rings. The molecule has 0 saturated carbocycles. The highest BCUT2D eigenvalue weighted by atomic mass is 35.5. The van der Waals surface area contributed by atoms with E-state index in [9.17, 15) is 10.2 Å². The summed E-state index contributed by atoms with van der Waals surface area (Å²) in [5, 5.41) is 22.1. The molecule has 0 fully saturated rings. The van der Waals surface area contributed by atoms with Gasteiger partial charge in [0.1, 0.15) is 11.4 Å². The van der Waals surface area contributed by atoms with Gasteiger partial charge in [-0.3, -0.25) is 4.99 Å². The van der Waals surface area contributed by atoms with Crippen LogP contribution in [0.2, 0.25) is 5.02 Å². The highest BCUT2D eigenvalue weighted by Gasteiger charge is 2.37. The minimum absolute atomic E-state index is 0.0910. The highest BCUT2D eigenvalue weighted by Crippen LogP contribution is 2.34. The second-order valence-corrected chi connectivity index (χ2v) is 6.59. The van der Waals surface area contributed by atoms with Gasteiger partial charge in [-0.25, -0.2) is 0 Å². The first kappa shape index (κ1) is 18.2. The first-order chi connectivity index (χ1) is 12.5. The van der Waals surface area contributed by atoms with E-state index < -0.39 is 11.6 Å². The number of aromatic hydroxyl groups is 1. The van der Waals surface area contributed by atoms with Gasteiger partial charge in [-0.1, -0.05) is 72.3 Å². The number of nitrogens with zero attached hydrogens (tertiary/aromatic N) is 1. The minimum Gasteiger partial charge on any atom is -0.507 e. The maximum atomic E-state index is 11.6. The van der Waals surface area contributed by atoms with Gasteiger partial charge >= 0.3 is 0 Å². The molecule has 1 unspecified atom stereocenters. The molecule has 132 valence electrons. The van der Waals surface area contributed by atoms with Crippen LogP contribution in [0.4, 0.5) is 0 Å². The average molecular weight is 366 g/mol. The lowest BCUT2D eigenvalue weighted by molar-refractivity contribution is 0.0589. The third kappa shape index (κ3) is 3.64. The number of hydrogen-bond acceptors (Lipinski definition) is 3. The number of aliphatic hydroxyl groups is 1. The Balaban J connectivity index is 2.02. The van der Waals surface area contributed by atoms with Gasteiger partial charge in [0.05, 0.1) is 6.04 Å². The fourth-order valence-corrected chi connectivity index (χ4v) is 3.14. The first-order valence-corrected chi connectivity index (χ1v) is 8.74. The number of rotatable bonds is 5. The Morgan fingerprint density at radius 2 is 1.46 bits per heavy atom. The van der Waals surface area contributed by atoms with E-state index in [2.05, 4.69) is 4.99 Å². The average Bonchev–Trinajstić information content (AvgIpc) is 2.69. The molecule has 0 aliphatic heterocycles. The van der Waals surface area contributed by atoms with E-state index in [4.69, 9.17) is 11.6 Å². The summed E-state index contributed by atoms with van der Waals surface area (Å²) >= 11 is 5.99. The van der Waals surface area contributed by atoms with Crippen molar-refractivity contribution < 1.29 is 10.2 Å². The summed E-state index contributed by atoms with van der Waals surface area (Å²) in [6, 6.07) is 23.2. The molecule has 0 aliphatic rings. The molecule has 0 heterocycles. The molecule has 0 saturated heterocycles. The van der Waals surface area contributed by atoms with Crippen molar-refractivity contribution in [2.24, 2.45) is 4.99 Å². The van der Waals surface area contributed by atoms with Crippen molar-refractivity contribution in [1.82, 2.24) is 0 Å². The molecule has 4 heteroatoms. The van der Waals surface area contributed by atoms with Crippen molar-refractivity contribution in [1.29, 1.82) is 0 Å². The van der Waals surface area contributed by atoms with E-state index >= 15 is 0 Å². The smallest absolute Gasteiger partial charge is 0.137 e. The third-order valence-electron chi connectivity index (χ3n) is 4.46. The number of hydrogen-bond donors (Lipinski definition) is 2. The molecule has 0 bridgehead atoms. The zero-order chi connectivity index (χ0) is 18.6. The zero-order valence-corrected chi connectivity index (χ0v) is 15.1. The molecule has 3 nitrogen and oxygen atoms in total. The maximum Gasteiger partial charge on any atom is 0.137 e. The van der Waals surface area contributed by atoms with E-state index in [1.165, 1.54) is 6.07 Å². The number of aliphatic imine (C=N–C) groups is 1. The Kier molecular flexibility index (Phi) is 5.40. The highest BCUT2D eigenvalue weighted by molar-refractivity contribution is 6.30. The predicted molar refractivity (Wildman–Crippen MR) is 106 cm³/mol. The third-order valence-corrected chi connectivity index (χ3v) is 4.69. The molecule has 0 radical (unpaired) electrons. The Bertz CT molecular complexity index is 855. The Morgan fingerprint density at radius 1 is 0.923 bits per heavy atom. The second-order valence-electron chi connectivity index (χ2n) is 6.16. The van der Waals surface area contributed by atoms with Crippen LogP contribution in [-0.4, -0.2) is 22.5 Å². The summed E-state index contributed by atoms with van der Waals surface area (Å²) in [5.41, 5.74) is 0.720. The number of phenolic OH excluding ortho intramolecular Hbond substituents is 1. The Hall–Kier alpha value is -2.62. The summed E-state index contributed by atoms with van der Waals surface area (Å²) in [6.45, 7) is 1.85. The van der Waals surface area contributed by atoms with Crippen LogP contribution in [0.15, 0.2) is 83.9 Å². The quantitative estimate of drug-likeness (QED) is 0.639. The molecule has 0 spiro atoms. The van der Waals surface area contributed by atoms with Crippen molar-refractivity contribution in [3.05, 3.63) is 101 Å². The van der Waals surface area contributed by atoms with Crippen molar-refractivity contribution in [3.8, 4) is 5.75 Å². The topological polar surface area (TPSA) is 52.8 Å². The molecule has 0 aliphatic carbocycles. The standard InChI is InChI=1S/C22H20ClNO2/c1-16(24-15-17-14-20(23)12-13-21(17)25)22(26,18-8-4-2-5-9-18)19-10-6-3-7-11-19/h2-16,25-26H,1H3. The van der Waals surface area contributed by atoms with Gasteiger partial charge in [0, 0.05) is 16.8 Å². The van der Waals surface area contributed by atoms with E-state index in [-0.39, 0.29) is 5.75 Å².